The van der Waals surface area contributed by atoms with Crippen molar-refractivity contribution in [2.45, 2.75) is 40.7 Å². The molecule has 8 heteroatoms. The second-order valence-electron chi connectivity index (χ2n) is 8.26. The highest BCUT2D eigenvalue weighted by Crippen LogP contribution is 2.22. The molecule has 1 aliphatic rings. The number of ether oxygens (including phenoxy) is 1. The van der Waals surface area contributed by atoms with Gasteiger partial charge in [0, 0.05) is 38.3 Å². The molecular weight excluding hydrogens is 400 g/mol. The summed E-state index contributed by atoms with van der Waals surface area (Å²) in [7, 11) is -2.83. The van der Waals surface area contributed by atoms with Crippen LogP contribution in [0.2, 0.25) is 0 Å². The van der Waals surface area contributed by atoms with Crippen molar-refractivity contribution >= 4 is 15.8 Å². The molecule has 1 aliphatic heterocycles. The molecule has 0 atom stereocenters. The summed E-state index contributed by atoms with van der Waals surface area (Å²) in [6.45, 7) is 13.3. The van der Waals surface area contributed by atoms with E-state index in [1.165, 1.54) is 5.56 Å². The molecule has 2 rings (SSSR count). The van der Waals surface area contributed by atoms with Crippen molar-refractivity contribution in [3.8, 4) is 5.75 Å². The molecule has 170 valence electrons. The summed E-state index contributed by atoms with van der Waals surface area (Å²) < 4.78 is 29.1. The van der Waals surface area contributed by atoms with Crippen LogP contribution in [-0.2, 0) is 16.4 Å². The van der Waals surface area contributed by atoms with E-state index in [0.717, 1.165) is 43.3 Å². The molecule has 0 radical (unpaired) electrons. The Balaban J connectivity index is 1.90. The number of rotatable bonds is 10. The highest BCUT2D eigenvalue weighted by Gasteiger charge is 2.20. The van der Waals surface area contributed by atoms with Gasteiger partial charge in [-0.3, -0.25) is 4.90 Å². The summed E-state index contributed by atoms with van der Waals surface area (Å²) in [6, 6.07) is 6.25. The number of benzene rings is 1. The number of nitrogens with zero attached hydrogens (tertiary/aromatic N) is 2. The van der Waals surface area contributed by atoms with Crippen molar-refractivity contribution in [2.75, 3.05) is 50.8 Å². The molecule has 2 N–H and O–H groups in total. The van der Waals surface area contributed by atoms with Gasteiger partial charge in [-0.25, -0.2) is 13.4 Å². The minimum atomic E-state index is -2.83. The molecule has 0 spiro atoms. The number of aliphatic imine (C=N–C) groups is 1. The van der Waals surface area contributed by atoms with Gasteiger partial charge < -0.3 is 15.4 Å². The fourth-order valence-corrected chi connectivity index (χ4v) is 4.42. The van der Waals surface area contributed by atoms with E-state index >= 15 is 0 Å². The van der Waals surface area contributed by atoms with Crippen LogP contribution in [0.4, 0.5) is 0 Å². The van der Waals surface area contributed by atoms with Crippen LogP contribution in [0.25, 0.3) is 0 Å². The zero-order chi connectivity index (χ0) is 22.0. The zero-order valence-electron chi connectivity index (χ0n) is 18.9. The third-order valence-electron chi connectivity index (χ3n) is 5.08. The number of nitrogens with one attached hydrogen (secondary N) is 2. The Labute approximate surface area is 182 Å². The number of hydrogen-bond acceptors (Lipinski definition) is 5. The third-order valence-corrected chi connectivity index (χ3v) is 6.69. The van der Waals surface area contributed by atoms with E-state index in [1.807, 2.05) is 6.92 Å². The molecule has 7 nitrogen and oxygen atoms in total. The molecule has 1 saturated heterocycles. The van der Waals surface area contributed by atoms with Gasteiger partial charge in [0.1, 0.15) is 5.75 Å². The van der Waals surface area contributed by atoms with Gasteiger partial charge in [0.2, 0.25) is 0 Å². The average Bonchev–Trinajstić information content (AvgIpc) is 2.68. The first-order valence-electron chi connectivity index (χ1n) is 11.0. The molecule has 0 aliphatic carbocycles. The number of sulfone groups is 1. The standard InChI is InChI=1S/C22H38N4O3S/c1-5-23-22(24-9-10-26-11-14-30(27,28)15-12-26)25-17-20-7-6-19(4)16-21(20)29-13-8-18(2)3/h6-7,16,18H,5,8-15,17H2,1-4H3,(H2,23,24,25). The Kier molecular flexibility index (Phi) is 9.91. The van der Waals surface area contributed by atoms with E-state index in [2.05, 4.69) is 54.5 Å². The van der Waals surface area contributed by atoms with Gasteiger partial charge in [0.15, 0.2) is 15.8 Å². The van der Waals surface area contributed by atoms with Crippen LogP contribution in [0.15, 0.2) is 23.2 Å². The summed E-state index contributed by atoms with van der Waals surface area (Å²) in [6.07, 6.45) is 1.03. The first kappa shape index (κ1) is 24.5. The van der Waals surface area contributed by atoms with Gasteiger partial charge in [-0.15, -0.1) is 0 Å². The van der Waals surface area contributed by atoms with Crippen molar-refractivity contribution in [3.05, 3.63) is 29.3 Å². The van der Waals surface area contributed by atoms with Crippen LogP contribution >= 0.6 is 0 Å². The lowest BCUT2D eigenvalue weighted by Gasteiger charge is -2.26. The topological polar surface area (TPSA) is 83.0 Å². The van der Waals surface area contributed by atoms with Crippen LogP contribution in [0.5, 0.6) is 5.75 Å². The summed E-state index contributed by atoms with van der Waals surface area (Å²) in [5.41, 5.74) is 2.25. The molecular formula is C22H38N4O3S. The van der Waals surface area contributed by atoms with Crippen molar-refractivity contribution in [3.63, 3.8) is 0 Å². The van der Waals surface area contributed by atoms with Crippen LogP contribution in [0.3, 0.4) is 0 Å². The fourth-order valence-electron chi connectivity index (χ4n) is 3.14. The third kappa shape index (κ3) is 8.92. The van der Waals surface area contributed by atoms with Crippen molar-refractivity contribution in [1.82, 2.24) is 15.5 Å². The Morgan fingerprint density at radius 1 is 1.23 bits per heavy atom. The first-order chi connectivity index (χ1) is 14.3. The van der Waals surface area contributed by atoms with Gasteiger partial charge in [0.05, 0.1) is 24.7 Å². The predicted octanol–water partition coefficient (Wildman–Crippen LogP) is 2.21. The molecule has 1 aromatic carbocycles. The maximum atomic E-state index is 11.5. The number of hydrogen-bond donors (Lipinski definition) is 2. The molecule has 0 saturated carbocycles. The van der Waals surface area contributed by atoms with Gasteiger partial charge in [-0.1, -0.05) is 26.0 Å². The van der Waals surface area contributed by atoms with Gasteiger partial charge in [-0.05, 0) is 37.8 Å². The predicted molar refractivity (Wildman–Crippen MR) is 124 cm³/mol. The van der Waals surface area contributed by atoms with Gasteiger partial charge >= 0.3 is 0 Å². The second kappa shape index (κ2) is 12.2. The Hall–Kier alpha value is -1.80. The van der Waals surface area contributed by atoms with E-state index in [1.54, 1.807) is 0 Å². The van der Waals surface area contributed by atoms with Crippen LogP contribution in [0.1, 0.15) is 38.3 Å². The Morgan fingerprint density at radius 2 is 1.97 bits per heavy atom. The zero-order valence-corrected chi connectivity index (χ0v) is 19.7. The summed E-state index contributed by atoms with van der Waals surface area (Å²) in [5.74, 6) is 2.80. The summed E-state index contributed by atoms with van der Waals surface area (Å²) in [5, 5.41) is 6.63. The highest BCUT2D eigenvalue weighted by molar-refractivity contribution is 7.91. The van der Waals surface area contributed by atoms with Crippen molar-refractivity contribution < 1.29 is 13.2 Å². The average molecular weight is 439 g/mol. The molecule has 0 amide bonds. The molecule has 1 heterocycles. The monoisotopic (exact) mass is 438 g/mol. The lowest BCUT2D eigenvalue weighted by molar-refractivity contribution is 0.287. The molecule has 0 unspecified atom stereocenters. The van der Waals surface area contributed by atoms with Crippen LogP contribution < -0.4 is 15.4 Å². The quantitative estimate of drug-likeness (QED) is 0.430. The van der Waals surface area contributed by atoms with Crippen LogP contribution in [-0.4, -0.2) is 70.1 Å². The lowest BCUT2D eigenvalue weighted by atomic mass is 10.1. The maximum absolute atomic E-state index is 11.5. The van der Waals surface area contributed by atoms with Gasteiger partial charge in [0.25, 0.3) is 0 Å². The normalized spacial score (nSPS) is 17.2. The van der Waals surface area contributed by atoms with E-state index in [4.69, 9.17) is 9.73 Å². The first-order valence-corrected chi connectivity index (χ1v) is 12.8. The maximum Gasteiger partial charge on any atom is 0.191 e. The summed E-state index contributed by atoms with van der Waals surface area (Å²) in [4.78, 5) is 6.90. The number of guanidine groups is 1. The molecule has 1 aromatic rings. The van der Waals surface area contributed by atoms with E-state index in [9.17, 15) is 8.42 Å². The van der Waals surface area contributed by atoms with E-state index in [-0.39, 0.29) is 11.5 Å². The van der Waals surface area contributed by atoms with Crippen molar-refractivity contribution in [1.29, 1.82) is 0 Å². The van der Waals surface area contributed by atoms with Gasteiger partial charge in [-0.2, -0.15) is 0 Å². The second-order valence-corrected chi connectivity index (χ2v) is 10.6. The molecule has 0 bridgehead atoms. The highest BCUT2D eigenvalue weighted by atomic mass is 32.2. The SMILES string of the molecule is CCNC(=NCc1ccc(C)cc1OCCC(C)C)NCCN1CCS(=O)(=O)CC1. The molecule has 1 fully saturated rings. The summed E-state index contributed by atoms with van der Waals surface area (Å²) >= 11 is 0. The van der Waals surface area contributed by atoms with E-state index in [0.29, 0.717) is 32.2 Å². The minimum absolute atomic E-state index is 0.258. The smallest absolute Gasteiger partial charge is 0.191 e. The Bertz CT molecular complexity index is 780. The van der Waals surface area contributed by atoms with Crippen LogP contribution in [0, 0.1) is 12.8 Å². The minimum Gasteiger partial charge on any atom is -0.493 e. The molecule has 0 aromatic heterocycles. The van der Waals surface area contributed by atoms with Crippen molar-refractivity contribution in [2.24, 2.45) is 10.9 Å². The largest absolute Gasteiger partial charge is 0.493 e. The van der Waals surface area contributed by atoms with E-state index < -0.39 is 9.84 Å². The fraction of sp³-hybridized carbons (Fsp3) is 0.682. The number of aryl methyl sites for hydroxylation is 1. The Morgan fingerprint density at radius 3 is 2.63 bits per heavy atom. The molecule has 30 heavy (non-hydrogen) atoms. The lowest BCUT2D eigenvalue weighted by Crippen LogP contribution is -2.45.